The molecule has 85 valence electrons. The van der Waals surface area contributed by atoms with Crippen LogP contribution < -0.4 is 0 Å². The Morgan fingerprint density at radius 3 is 1.64 bits per heavy atom. The van der Waals surface area contributed by atoms with Gasteiger partial charge in [-0.1, -0.05) is 6.92 Å². The maximum atomic E-state index is 5.69. The third kappa shape index (κ3) is 5.10. The Morgan fingerprint density at radius 2 is 1.36 bits per heavy atom. The molecule has 4 heteroatoms. The maximum Gasteiger partial charge on any atom is 0.500 e. The molecule has 0 saturated heterocycles. The van der Waals surface area contributed by atoms with Crippen molar-refractivity contribution in [3.63, 3.8) is 0 Å². The van der Waals surface area contributed by atoms with Crippen molar-refractivity contribution in [3.05, 3.63) is 6.42 Å². The van der Waals surface area contributed by atoms with Crippen LogP contribution in [-0.4, -0.2) is 28.6 Å². The molecular weight excluding hydrogens is 196 g/mol. The van der Waals surface area contributed by atoms with Gasteiger partial charge in [0.25, 0.3) is 0 Å². The van der Waals surface area contributed by atoms with Crippen molar-refractivity contribution in [2.45, 2.75) is 40.2 Å². The Balaban J connectivity index is 4.21. The Hall–Kier alpha value is 0.0969. The molecule has 0 aromatic rings. The zero-order valence-corrected chi connectivity index (χ0v) is 10.8. The summed E-state index contributed by atoms with van der Waals surface area (Å²) in [4.78, 5) is 0. The zero-order valence-electron chi connectivity index (χ0n) is 9.84. The van der Waals surface area contributed by atoms with Crippen LogP contribution in [0, 0.1) is 6.42 Å². The molecule has 0 fully saturated rings. The Kier molecular flexibility index (Phi) is 8.47. The average molecular weight is 219 g/mol. The van der Waals surface area contributed by atoms with Crippen molar-refractivity contribution in [1.29, 1.82) is 0 Å². The van der Waals surface area contributed by atoms with Gasteiger partial charge in [-0.3, -0.25) is 0 Å². The third-order valence-electron chi connectivity index (χ3n) is 1.83. The van der Waals surface area contributed by atoms with Gasteiger partial charge in [0.05, 0.1) is 0 Å². The molecule has 0 aliphatic heterocycles. The summed E-state index contributed by atoms with van der Waals surface area (Å²) >= 11 is 0. The first-order chi connectivity index (χ1) is 6.74. The minimum absolute atomic E-state index is 0.663. The number of unbranched alkanes of at least 4 members (excludes halogenated alkanes) is 1. The first-order valence-electron chi connectivity index (χ1n) is 5.44. The first kappa shape index (κ1) is 14.1. The van der Waals surface area contributed by atoms with Gasteiger partial charge >= 0.3 is 8.80 Å². The molecule has 1 radical (unpaired) electrons. The monoisotopic (exact) mass is 219 g/mol. The number of hydrogen-bond donors (Lipinski definition) is 0. The highest BCUT2D eigenvalue weighted by atomic mass is 28.4. The van der Waals surface area contributed by atoms with Crippen molar-refractivity contribution >= 4 is 8.80 Å². The molecule has 0 atom stereocenters. The second-order valence-corrected chi connectivity index (χ2v) is 5.66. The molecule has 0 heterocycles. The lowest BCUT2D eigenvalue weighted by Crippen LogP contribution is -2.45. The lowest BCUT2D eigenvalue weighted by molar-refractivity contribution is 0.0713. The number of rotatable bonds is 9. The van der Waals surface area contributed by atoms with E-state index in [1.807, 2.05) is 27.7 Å². The summed E-state index contributed by atoms with van der Waals surface area (Å²) in [6, 6.07) is 0.888. The van der Waals surface area contributed by atoms with Gasteiger partial charge in [0.15, 0.2) is 0 Å². The summed E-state index contributed by atoms with van der Waals surface area (Å²) in [6.07, 6.45) is 3.12. The van der Waals surface area contributed by atoms with Crippen LogP contribution in [0.3, 0.4) is 0 Å². The molecule has 0 unspecified atom stereocenters. The number of hydrogen-bond acceptors (Lipinski definition) is 3. The molecule has 0 aliphatic carbocycles. The minimum Gasteiger partial charge on any atom is -0.374 e. The Bertz CT molecular complexity index is 114. The van der Waals surface area contributed by atoms with E-state index >= 15 is 0 Å². The van der Waals surface area contributed by atoms with Crippen molar-refractivity contribution < 1.29 is 13.3 Å². The van der Waals surface area contributed by atoms with Gasteiger partial charge in [0, 0.05) is 25.9 Å². The van der Waals surface area contributed by atoms with Gasteiger partial charge in [-0.15, -0.1) is 0 Å². The van der Waals surface area contributed by atoms with E-state index in [1.165, 1.54) is 0 Å². The summed E-state index contributed by atoms with van der Waals surface area (Å²) in [6.45, 7) is 9.98. The normalized spacial score (nSPS) is 12.0. The molecule has 0 spiro atoms. The predicted molar refractivity (Wildman–Crippen MR) is 60.0 cm³/mol. The Morgan fingerprint density at radius 1 is 0.929 bits per heavy atom. The molecule has 0 N–H and O–H groups in total. The lowest BCUT2D eigenvalue weighted by Gasteiger charge is -2.28. The fourth-order valence-electron chi connectivity index (χ4n) is 1.32. The molecule has 0 amide bonds. The zero-order chi connectivity index (χ0) is 10.9. The van der Waals surface area contributed by atoms with Gasteiger partial charge < -0.3 is 13.3 Å². The summed E-state index contributed by atoms with van der Waals surface area (Å²) in [5.41, 5.74) is 0. The highest BCUT2D eigenvalue weighted by molar-refractivity contribution is 6.60. The van der Waals surface area contributed by atoms with E-state index in [4.69, 9.17) is 13.3 Å². The van der Waals surface area contributed by atoms with Crippen LogP contribution in [-0.2, 0) is 13.3 Å². The molecule has 0 aromatic carbocycles. The van der Waals surface area contributed by atoms with E-state index in [0.29, 0.717) is 19.8 Å². The summed E-state index contributed by atoms with van der Waals surface area (Å²) in [5.74, 6) is 0. The highest BCUT2D eigenvalue weighted by Crippen LogP contribution is 2.18. The van der Waals surface area contributed by atoms with E-state index < -0.39 is 8.80 Å². The average Bonchev–Trinajstić information content (AvgIpc) is 2.16. The minimum atomic E-state index is -2.35. The van der Waals surface area contributed by atoms with E-state index in [0.717, 1.165) is 12.5 Å². The van der Waals surface area contributed by atoms with Gasteiger partial charge in [-0.25, -0.2) is 0 Å². The molecule has 14 heavy (non-hydrogen) atoms. The SMILES string of the molecule is C[CH]CC[Si](OCC)(OCC)OCC. The summed E-state index contributed by atoms with van der Waals surface area (Å²) < 4.78 is 17.1. The van der Waals surface area contributed by atoms with Crippen molar-refractivity contribution in [2.75, 3.05) is 19.8 Å². The second-order valence-electron chi connectivity index (χ2n) is 2.93. The summed E-state index contributed by atoms with van der Waals surface area (Å²) in [5, 5.41) is 0. The quantitative estimate of drug-likeness (QED) is 0.558. The van der Waals surface area contributed by atoms with Crippen LogP contribution in [0.15, 0.2) is 0 Å². The van der Waals surface area contributed by atoms with Gasteiger partial charge in [-0.2, -0.15) is 0 Å². The second kappa shape index (κ2) is 8.41. The molecule has 0 bridgehead atoms. The van der Waals surface area contributed by atoms with E-state index in [9.17, 15) is 0 Å². The van der Waals surface area contributed by atoms with E-state index in [1.54, 1.807) is 0 Å². The maximum absolute atomic E-state index is 5.69. The van der Waals surface area contributed by atoms with Crippen LogP contribution in [0.5, 0.6) is 0 Å². The first-order valence-corrected chi connectivity index (χ1v) is 7.37. The molecule has 0 aliphatic rings. The Labute approximate surface area is 89.1 Å². The van der Waals surface area contributed by atoms with E-state index in [2.05, 4.69) is 6.42 Å². The fraction of sp³-hybridized carbons (Fsp3) is 0.900. The smallest absolute Gasteiger partial charge is 0.374 e. The van der Waals surface area contributed by atoms with Crippen LogP contribution in [0.2, 0.25) is 6.04 Å². The lowest BCUT2D eigenvalue weighted by atomic mass is 10.4. The van der Waals surface area contributed by atoms with Crippen LogP contribution in [0.4, 0.5) is 0 Å². The van der Waals surface area contributed by atoms with Crippen molar-refractivity contribution in [3.8, 4) is 0 Å². The van der Waals surface area contributed by atoms with Gasteiger partial charge in [0.1, 0.15) is 0 Å². The molecule has 3 nitrogen and oxygen atoms in total. The topological polar surface area (TPSA) is 27.7 Å². The largest absolute Gasteiger partial charge is 0.500 e. The standard InChI is InChI=1S/C10H23O3Si/c1-5-9-10-14(11-6-2,12-7-3)13-8-4/h5H,6-10H2,1-4H3. The molecular formula is C10H23O3Si. The van der Waals surface area contributed by atoms with E-state index in [-0.39, 0.29) is 0 Å². The molecule has 0 rings (SSSR count). The van der Waals surface area contributed by atoms with Gasteiger partial charge in [0.2, 0.25) is 0 Å². The van der Waals surface area contributed by atoms with Crippen LogP contribution in [0.1, 0.15) is 34.1 Å². The van der Waals surface area contributed by atoms with Crippen molar-refractivity contribution in [2.24, 2.45) is 0 Å². The van der Waals surface area contributed by atoms with Crippen molar-refractivity contribution in [1.82, 2.24) is 0 Å². The predicted octanol–water partition coefficient (Wildman–Crippen LogP) is 2.65. The molecule has 0 saturated carbocycles. The van der Waals surface area contributed by atoms with Crippen LogP contribution in [0.25, 0.3) is 0 Å². The van der Waals surface area contributed by atoms with Crippen LogP contribution >= 0.6 is 0 Å². The highest BCUT2D eigenvalue weighted by Gasteiger charge is 2.39. The molecule has 0 aromatic heterocycles. The summed E-state index contributed by atoms with van der Waals surface area (Å²) in [7, 11) is -2.35. The fourth-order valence-corrected chi connectivity index (χ4v) is 3.97. The van der Waals surface area contributed by atoms with Gasteiger partial charge in [-0.05, 0) is 33.6 Å². The third-order valence-corrected chi connectivity index (χ3v) is 4.92.